The van der Waals surface area contributed by atoms with Crippen LogP contribution in [0.2, 0.25) is 0 Å². The van der Waals surface area contributed by atoms with Gasteiger partial charge in [0, 0.05) is 24.7 Å². The number of rotatable bonds is 4. The monoisotopic (exact) mass is 328 g/mol. The average Bonchev–Trinajstić information content (AvgIpc) is 2.63. The highest BCUT2D eigenvalue weighted by Crippen LogP contribution is 2.20. The van der Waals surface area contributed by atoms with Gasteiger partial charge in [0.1, 0.15) is 10.8 Å². The Balaban J connectivity index is 1.55. The topological polar surface area (TPSA) is 58.1 Å². The minimum absolute atomic E-state index is 0.00761. The summed E-state index contributed by atoms with van der Waals surface area (Å²) in [6, 6.07) is 9.58. The van der Waals surface area contributed by atoms with E-state index >= 15 is 0 Å². The first-order chi connectivity index (χ1) is 11.3. The summed E-state index contributed by atoms with van der Waals surface area (Å²) in [5.41, 5.74) is 0.716. The number of anilines is 1. The molecule has 1 saturated heterocycles. The standard InChI is InChI=1S/C17H20N4OS/c1-23-16-12-18-11-15(20-16)21-9-7-14(8-10-21)19-17(22)13-5-3-2-4-6-13/h2-6,11-12,14H,7-10H2,1H3,(H,19,22). The summed E-state index contributed by atoms with van der Waals surface area (Å²) in [6.07, 6.45) is 7.43. The maximum atomic E-state index is 12.2. The molecule has 0 aliphatic carbocycles. The number of aromatic nitrogens is 2. The molecule has 0 bridgehead atoms. The molecule has 120 valence electrons. The summed E-state index contributed by atoms with van der Waals surface area (Å²) >= 11 is 1.60. The number of hydrogen-bond donors (Lipinski definition) is 1. The Morgan fingerprint density at radius 3 is 2.65 bits per heavy atom. The van der Waals surface area contributed by atoms with Gasteiger partial charge in [-0.2, -0.15) is 0 Å². The van der Waals surface area contributed by atoms with Crippen LogP contribution in [0, 0.1) is 0 Å². The largest absolute Gasteiger partial charge is 0.355 e. The molecule has 1 aromatic heterocycles. The van der Waals surface area contributed by atoms with Gasteiger partial charge in [0.2, 0.25) is 0 Å². The molecule has 1 fully saturated rings. The molecular weight excluding hydrogens is 308 g/mol. The molecule has 2 aromatic rings. The SMILES string of the molecule is CSc1cncc(N2CCC(NC(=O)c3ccccc3)CC2)n1. The molecule has 0 atom stereocenters. The Hall–Kier alpha value is -2.08. The lowest BCUT2D eigenvalue weighted by Crippen LogP contribution is -2.45. The lowest BCUT2D eigenvalue weighted by atomic mass is 10.0. The molecule has 0 spiro atoms. The highest BCUT2D eigenvalue weighted by atomic mass is 32.2. The third kappa shape index (κ3) is 4.01. The molecule has 0 radical (unpaired) electrons. The van der Waals surface area contributed by atoms with Crippen molar-refractivity contribution in [1.82, 2.24) is 15.3 Å². The number of carbonyl (C=O) groups is 1. The van der Waals surface area contributed by atoms with Gasteiger partial charge in [-0.05, 0) is 31.2 Å². The lowest BCUT2D eigenvalue weighted by Gasteiger charge is -2.33. The Bertz CT molecular complexity index is 657. The number of nitrogens with one attached hydrogen (secondary N) is 1. The van der Waals surface area contributed by atoms with Crippen molar-refractivity contribution in [2.24, 2.45) is 0 Å². The molecule has 0 unspecified atom stereocenters. The minimum Gasteiger partial charge on any atom is -0.355 e. The summed E-state index contributed by atoms with van der Waals surface area (Å²) in [5.74, 6) is 0.929. The van der Waals surface area contributed by atoms with Crippen LogP contribution in [-0.2, 0) is 0 Å². The van der Waals surface area contributed by atoms with Crippen molar-refractivity contribution >= 4 is 23.5 Å². The molecule has 0 saturated carbocycles. The van der Waals surface area contributed by atoms with Crippen LogP contribution in [0.1, 0.15) is 23.2 Å². The fourth-order valence-corrected chi connectivity index (χ4v) is 3.05. The maximum Gasteiger partial charge on any atom is 0.251 e. The molecule has 1 N–H and O–H groups in total. The maximum absolute atomic E-state index is 12.2. The molecule has 1 amide bonds. The van der Waals surface area contributed by atoms with E-state index in [4.69, 9.17) is 0 Å². The highest BCUT2D eigenvalue weighted by molar-refractivity contribution is 7.98. The number of nitrogens with zero attached hydrogens (tertiary/aromatic N) is 3. The zero-order valence-corrected chi connectivity index (χ0v) is 13.9. The number of piperidine rings is 1. The van der Waals surface area contributed by atoms with Crippen molar-refractivity contribution < 1.29 is 4.79 Å². The van der Waals surface area contributed by atoms with Gasteiger partial charge in [-0.1, -0.05) is 18.2 Å². The minimum atomic E-state index is 0.00761. The van der Waals surface area contributed by atoms with Gasteiger partial charge in [-0.25, -0.2) is 4.98 Å². The molecule has 1 aliphatic heterocycles. The van der Waals surface area contributed by atoms with Gasteiger partial charge in [0.25, 0.3) is 5.91 Å². The number of thioether (sulfide) groups is 1. The second-order valence-electron chi connectivity index (χ2n) is 5.52. The van der Waals surface area contributed by atoms with Gasteiger partial charge >= 0.3 is 0 Å². The van der Waals surface area contributed by atoms with Gasteiger partial charge < -0.3 is 10.2 Å². The number of hydrogen-bond acceptors (Lipinski definition) is 5. The van der Waals surface area contributed by atoms with E-state index in [1.165, 1.54) is 0 Å². The molecule has 2 heterocycles. The number of amides is 1. The van der Waals surface area contributed by atoms with Crippen LogP contribution < -0.4 is 10.2 Å². The van der Waals surface area contributed by atoms with Crippen molar-refractivity contribution in [3.8, 4) is 0 Å². The summed E-state index contributed by atoms with van der Waals surface area (Å²) in [6.45, 7) is 1.76. The van der Waals surface area contributed by atoms with E-state index < -0.39 is 0 Å². The predicted octanol–water partition coefficient (Wildman–Crippen LogP) is 2.60. The zero-order valence-electron chi connectivity index (χ0n) is 13.1. The summed E-state index contributed by atoms with van der Waals surface area (Å²) in [7, 11) is 0. The summed E-state index contributed by atoms with van der Waals surface area (Å²) < 4.78 is 0. The Kier molecular flexibility index (Phi) is 5.12. The Labute approximate surface area is 140 Å². The van der Waals surface area contributed by atoms with Crippen LogP contribution >= 0.6 is 11.8 Å². The van der Waals surface area contributed by atoms with Crippen LogP contribution in [0.3, 0.4) is 0 Å². The molecule has 23 heavy (non-hydrogen) atoms. The van der Waals surface area contributed by atoms with E-state index in [9.17, 15) is 4.79 Å². The van der Waals surface area contributed by atoms with E-state index in [2.05, 4.69) is 20.2 Å². The van der Waals surface area contributed by atoms with Gasteiger partial charge in [-0.3, -0.25) is 9.78 Å². The first-order valence-electron chi connectivity index (χ1n) is 7.73. The van der Waals surface area contributed by atoms with E-state index in [-0.39, 0.29) is 11.9 Å². The number of carbonyl (C=O) groups excluding carboxylic acids is 1. The van der Waals surface area contributed by atoms with E-state index in [1.807, 2.05) is 42.8 Å². The zero-order chi connectivity index (χ0) is 16.1. The predicted molar refractivity (Wildman–Crippen MR) is 93.0 cm³/mol. The Morgan fingerprint density at radius 2 is 1.96 bits per heavy atom. The van der Waals surface area contributed by atoms with Crippen LogP contribution in [-0.4, -0.2) is 41.3 Å². The van der Waals surface area contributed by atoms with Crippen molar-refractivity contribution in [3.05, 3.63) is 48.3 Å². The van der Waals surface area contributed by atoms with Crippen molar-refractivity contribution in [2.75, 3.05) is 24.2 Å². The number of benzene rings is 1. The fourth-order valence-electron chi connectivity index (χ4n) is 2.70. The first-order valence-corrected chi connectivity index (χ1v) is 8.95. The third-order valence-electron chi connectivity index (χ3n) is 4.00. The van der Waals surface area contributed by atoms with E-state index in [0.717, 1.165) is 36.8 Å². The van der Waals surface area contributed by atoms with Crippen molar-refractivity contribution in [2.45, 2.75) is 23.9 Å². The second-order valence-corrected chi connectivity index (χ2v) is 6.35. The Morgan fingerprint density at radius 1 is 1.22 bits per heavy atom. The van der Waals surface area contributed by atoms with Crippen molar-refractivity contribution in [3.63, 3.8) is 0 Å². The molecule has 1 aliphatic rings. The van der Waals surface area contributed by atoms with Crippen LogP contribution in [0.5, 0.6) is 0 Å². The van der Waals surface area contributed by atoms with Crippen molar-refractivity contribution in [1.29, 1.82) is 0 Å². The van der Waals surface area contributed by atoms with Crippen LogP contribution in [0.15, 0.2) is 47.8 Å². The molecular formula is C17H20N4OS. The highest BCUT2D eigenvalue weighted by Gasteiger charge is 2.22. The smallest absolute Gasteiger partial charge is 0.251 e. The molecule has 5 nitrogen and oxygen atoms in total. The quantitative estimate of drug-likeness (QED) is 0.874. The molecule has 6 heteroatoms. The van der Waals surface area contributed by atoms with Gasteiger partial charge in [0.05, 0.1) is 12.4 Å². The van der Waals surface area contributed by atoms with Gasteiger partial charge in [-0.15, -0.1) is 11.8 Å². The normalized spacial score (nSPS) is 15.4. The first kappa shape index (κ1) is 15.8. The summed E-state index contributed by atoms with van der Waals surface area (Å²) in [5, 5.41) is 4.06. The van der Waals surface area contributed by atoms with E-state index in [0.29, 0.717) is 5.56 Å². The van der Waals surface area contributed by atoms with Crippen LogP contribution in [0.4, 0.5) is 5.82 Å². The molecule has 3 rings (SSSR count). The molecule has 1 aromatic carbocycles. The fraction of sp³-hybridized carbons (Fsp3) is 0.353. The third-order valence-corrected chi connectivity index (χ3v) is 4.61. The second kappa shape index (κ2) is 7.46. The average molecular weight is 328 g/mol. The van der Waals surface area contributed by atoms with E-state index in [1.54, 1.807) is 18.0 Å². The lowest BCUT2D eigenvalue weighted by molar-refractivity contribution is 0.0931. The van der Waals surface area contributed by atoms with Crippen LogP contribution in [0.25, 0.3) is 0 Å². The summed E-state index contributed by atoms with van der Waals surface area (Å²) in [4.78, 5) is 23.3. The van der Waals surface area contributed by atoms with Gasteiger partial charge in [0.15, 0.2) is 0 Å².